The Balaban J connectivity index is 2.27. The van der Waals surface area contributed by atoms with E-state index in [0.29, 0.717) is 18.9 Å². The van der Waals surface area contributed by atoms with Crippen molar-refractivity contribution >= 4 is 17.3 Å². The van der Waals surface area contributed by atoms with Crippen molar-refractivity contribution in [2.45, 2.75) is 19.3 Å². The van der Waals surface area contributed by atoms with E-state index in [-0.39, 0.29) is 6.54 Å². The van der Waals surface area contributed by atoms with E-state index >= 15 is 0 Å². The summed E-state index contributed by atoms with van der Waals surface area (Å²) in [4.78, 5) is 21.1. The normalized spacial score (nSPS) is 16.3. The van der Waals surface area contributed by atoms with Crippen LogP contribution in [0.1, 0.15) is 19.3 Å². The Morgan fingerprint density at radius 1 is 1.45 bits per heavy atom. The topological polar surface area (TPSA) is 92.5 Å². The van der Waals surface area contributed by atoms with Gasteiger partial charge in [-0.3, -0.25) is 14.9 Å². The molecule has 0 amide bonds. The second-order valence-electron chi connectivity index (χ2n) is 4.81. The predicted octanol–water partition coefficient (Wildman–Crippen LogP) is 2.54. The third-order valence-electron chi connectivity index (χ3n) is 3.64. The van der Waals surface area contributed by atoms with E-state index in [1.165, 1.54) is 0 Å². The highest BCUT2D eigenvalue weighted by Gasteiger charge is 2.44. The van der Waals surface area contributed by atoms with E-state index in [0.717, 1.165) is 12.5 Å². The van der Waals surface area contributed by atoms with Crippen LogP contribution in [0.5, 0.6) is 0 Å². The molecule has 1 saturated carbocycles. The number of carboxylic acids is 1. The minimum atomic E-state index is -1.38. The molecule has 0 unspecified atom stereocenters. The number of carboxylic acid groups (broad SMARTS) is 1. The molecule has 0 radical (unpaired) electrons. The lowest BCUT2D eigenvalue weighted by Gasteiger charge is -2.37. The van der Waals surface area contributed by atoms with Gasteiger partial charge in [0.1, 0.15) is 0 Å². The van der Waals surface area contributed by atoms with Gasteiger partial charge in [0.05, 0.1) is 10.3 Å². The number of nitrogens with zero attached hydrogens (tertiary/aromatic N) is 1. The molecular formula is C12H12F2N2O4. The van der Waals surface area contributed by atoms with Crippen molar-refractivity contribution < 1.29 is 23.6 Å². The van der Waals surface area contributed by atoms with Gasteiger partial charge in [-0.25, -0.2) is 8.78 Å². The summed E-state index contributed by atoms with van der Waals surface area (Å²) in [6.45, 7) is -0.177. The van der Waals surface area contributed by atoms with Crippen LogP contribution in [0.4, 0.5) is 20.2 Å². The summed E-state index contributed by atoms with van der Waals surface area (Å²) in [6.07, 6.45) is 1.53. The number of nitro benzene ring substituents is 1. The summed E-state index contributed by atoms with van der Waals surface area (Å²) in [6, 6.07) is 1.50. The summed E-state index contributed by atoms with van der Waals surface area (Å²) >= 11 is 0. The number of rotatable bonds is 5. The molecule has 1 aliphatic carbocycles. The second kappa shape index (κ2) is 5.03. The molecule has 2 N–H and O–H groups in total. The van der Waals surface area contributed by atoms with Gasteiger partial charge in [0.15, 0.2) is 17.3 Å². The van der Waals surface area contributed by atoms with E-state index in [2.05, 4.69) is 5.32 Å². The minimum absolute atomic E-state index is 0.177. The average Bonchev–Trinajstić information content (AvgIpc) is 2.32. The van der Waals surface area contributed by atoms with Crippen molar-refractivity contribution in [3.8, 4) is 0 Å². The lowest BCUT2D eigenvalue weighted by molar-refractivity contribution is -0.384. The largest absolute Gasteiger partial charge is 0.481 e. The van der Waals surface area contributed by atoms with Gasteiger partial charge in [0.2, 0.25) is 0 Å². The lowest BCUT2D eigenvalue weighted by atomic mass is 9.69. The predicted molar refractivity (Wildman–Crippen MR) is 65.4 cm³/mol. The summed E-state index contributed by atoms with van der Waals surface area (Å²) in [5, 5.41) is 22.3. The van der Waals surface area contributed by atoms with Crippen molar-refractivity contribution in [2.24, 2.45) is 5.41 Å². The van der Waals surface area contributed by atoms with Gasteiger partial charge in [-0.1, -0.05) is 6.42 Å². The van der Waals surface area contributed by atoms with Crippen molar-refractivity contribution in [3.63, 3.8) is 0 Å². The molecule has 0 atom stereocenters. The molecule has 0 saturated heterocycles. The molecule has 1 aliphatic rings. The highest BCUT2D eigenvalue weighted by molar-refractivity contribution is 5.77. The molecule has 108 valence electrons. The summed E-state index contributed by atoms with van der Waals surface area (Å²) in [5.74, 6) is -3.65. The summed E-state index contributed by atoms with van der Waals surface area (Å²) in [7, 11) is 0. The van der Waals surface area contributed by atoms with Gasteiger partial charge in [-0.2, -0.15) is 0 Å². The van der Waals surface area contributed by atoms with Crippen LogP contribution in [0.25, 0.3) is 0 Å². The van der Waals surface area contributed by atoms with Crippen LogP contribution in [-0.2, 0) is 4.79 Å². The maximum absolute atomic E-state index is 13.6. The van der Waals surface area contributed by atoms with Gasteiger partial charge in [-0.05, 0) is 18.9 Å². The lowest BCUT2D eigenvalue weighted by Crippen LogP contribution is -2.43. The Bertz CT molecular complexity index is 573. The summed E-state index contributed by atoms with van der Waals surface area (Å²) in [5.41, 5.74) is -2.29. The van der Waals surface area contributed by atoms with Crippen LogP contribution in [0.2, 0.25) is 0 Å². The van der Waals surface area contributed by atoms with Crippen LogP contribution >= 0.6 is 0 Å². The van der Waals surface area contributed by atoms with Crippen LogP contribution in [-0.4, -0.2) is 22.5 Å². The van der Waals surface area contributed by atoms with Crippen molar-refractivity contribution in [1.29, 1.82) is 0 Å². The molecule has 8 heteroatoms. The number of anilines is 1. The van der Waals surface area contributed by atoms with Crippen LogP contribution < -0.4 is 5.32 Å². The Kier molecular flexibility index (Phi) is 3.56. The molecule has 0 bridgehead atoms. The number of aliphatic carboxylic acids is 1. The van der Waals surface area contributed by atoms with Crippen LogP contribution in [0.3, 0.4) is 0 Å². The van der Waals surface area contributed by atoms with Crippen LogP contribution in [0.15, 0.2) is 12.1 Å². The van der Waals surface area contributed by atoms with Crippen molar-refractivity contribution in [2.75, 3.05) is 11.9 Å². The molecule has 1 aromatic rings. The molecule has 1 aromatic carbocycles. The monoisotopic (exact) mass is 286 g/mol. The van der Waals surface area contributed by atoms with Crippen molar-refractivity contribution in [1.82, 2.24) is 0 Å². The number of hydrogen-bond donors (Lipinski definition) is 2. The number of hydrogen-bond acceptors (Lipinski definition) is 4. The number of carbonyl (C=O) groups is 1. The summed E-state index contributed by atoms with van der Waals surface area (Å²) < 4.78 is 26.8. The zero-order chi connectivity index (χ0) is 14.9. The zero-order valence-corrected chi connectivity index (χ0v) is 10.4. The second-order valence-corrected chi connectivity index (χ2v) is 4.81. The number of nitrogens with one attached hydrogen (secondary N) is 1. The standard InChI is InChI=1S/C12H12F2N2O4/c13-7-2-3-8(16(19)20)10(9(7)14)15-6-12(11(17)18)4-1-5-12/h2-3,15H,1,4-6H2,(H,17,18). The Morgan fingerprint density at radius 3 is 2.55 bits per heavy atom. The fraction of sp³-hybridized carbons (Fsp3) is 0.417. The maximum atomic E-state index is 13.6. The first-order valence-electron chi connectivity index (χ1n) is 5.97. The quantitative estimate of drug-likeness (QED) is 0.641. The van der Waals surface area contributed by atoms with E-state index in [1.807, 2.05) is 0 Å². The zero-order valence-electron chi connectivity index (χ0n) is 10.4. The van der Waals surface area contributed by atoms with E-state index < -0.39 is 39.3 Å². The fourth-order valence-corrected chi connectivity index (χ4v) is 2.19. The number of nitro groups is 1. The number of benzene rings is 1. The molecule has 0 aliphatic heterocycles. The van der Waals surface area contributed by atoms with E-state index in [4.69, 9.17) is 5.11 Å². The molecule has 0 heterocycles. The van der Waals surface area contributed by atoms with Gasteiger partial charge in [0.25, 0.3) is 5.69 Å². The molecule has 0 spiro atoms. The van der Waals surface area contributed by atoms with Crippen LogP contribution in [0, 0.1) is 27.2 Å². The highest BCUT2D eigenvalue weighted by Crippen LogP contribution is 2.42. The first-order valence-corrected chi connectivity index (χ1v) is 5.97. The first-order chi connectivity index (χ1) is 9.37. The fourth-order valence-electron chi connectivity index (χ4n) is 2.19. The SMILES string of the molecule is O=C(O)C1(CNc2c([N+](=O)[O-])ccc(F)c2F)CCC1. The Labute approximate surface area is 112 Å². The number of halogens is 2. The molecule has 6 nitrogen and oxygen atoms in total. The third kappa shape index (κ3) is 2.28. The third-order valence-corrected chi connectivity index (χ3v) is 3.64. The smallest absolute Gasteiger partial charge is 0.311 e. The van der Waals surface area contributed by atoms with E-state index in [1.54, 1.807) is 0 Å². The molecule has 20 heavy (non-hydrogen) atoms. The first kappa shape index (κ1) is 14.2. The van der Waals surface area contributed by atoms with Crippen molar-refractivity contribution in [3.05, 3.63) is 33.9 Å². The van der Waals surface area contributed by atoms with E-state index in [9.17, 15) is 23.7 Å². The maximum Gasteiger partial charge on any atom is 0.311 e. The van der Waals surface area contributed by atoms with Gasteiger partial charge in [-0.15, -0.1) is 0 Å². The Morgan fingerprint density at radius 2 is 2.10 bits per heavy atom. The van der Waals surface area contributed by atoms with Gasteiger partial charge < -0.3 is 10.4 Å². The van der Waals surface area contributed by atoms with Gasteiger partial charge >= 0.3 is 5.97 Å². The molecule has 0 aromatic heterocycles. The van der Waals surface area contributed by atoms with Gasteiger partial charge in [0, 0.05) is 12.6 Å². The molecule has 2 rings (SSSR count). The molecule has 1 fully saturated rings. The molecular weight excluding hydrogens is 274 g/mol. The highest BCUT2D eigenvalue weighted by atomic mass is 19.2. The Hall–Kier alpha value is -2.25. The minimum Gasteiger partial charge on any atom is -0.481 e. The average molecular weight is 286 g/mol.